The molecule has 1 aliphatic rings. The number of benzene rings is 3. The van der Waals surface area contributed by atoms with Crippen LogP contribution in [0.3, 0.4) is 0 Å². The van der Waals surface area contributed by atoms with Crippen molar-refractivity contribution in [3.63, 3.8) is 0 Å². The van der Waals surface area contributed by atoms with E-state index in [2.05, 4.69) is 0 Å². The predicted octanol–water partition coefficient (Wildman–Crippen LogP) is 5.10. The quantitative estimate of drug-likeness (QED) is 0.449. The molecule has 0 saturated heterocycles. The standard InChI is InChI=1S/C27H26ClNO7/c1-33-22-8-5-9-23(34-2)21(22)15-36-27(32)29-13-12-17-6-3-4-7-19(17)26(29)20-14-18(28)10-11-24(20)35-16-25(30)31/h3-11,14,26H,12-13,15-16H2,1-2H3,(H,30,31). The van der Waals surface area contributed by atoms with Crippen molar-refractivity contribution in [1.82, 2.24) is 4.90 Å². The molecule has 8 nitrogen and oxygen atoms in total. The Labute approximate surface area is 213 Å². The molecule has 0 aliphatic carbocycles. The number of carbonyl (C=O) groups is 2. The van der Waals surface area contributed by atoms with Gasteiger partial charge in [-0.2, -0.15) is 0 Å². The van der Waals surface area contributed by atoms with Crippen LogP contribution in [0, 0.1) is 0 Å². The van der Waals surface area contributed by atoms with E-state index in [4.69, 9.17) is 35.7 Å². The number of fused-ring (bicyclic) bond motifs is 1. The molecule has 3 aromatic carbocycles. The zero-order chi connectivity index (χ0) is 25.7. The molecule has 1 heterocycles. The molecule has 1 atom stereocenters. The molecule has 1 aliphatic heterocycles. The lowest BCUT2D eigenvalue weighted by molar-refractivity contribution is -0.139. The minimum atomic E-state index is -1.11. The average molecular weight is 512 g/mol. The zero-order valence-corrected chi connectivity index (χ0v) is 20.7. The highest BCUT2D eigenvalue weighted by Crippen LogP contribution is 2.41. The number of hydrogen-bond acceptors (Lipinski definition) is 6. The van der Waals surface area contributed by atoms with Gasteiger partial charge in [0.2, 0.25) is 0 Å². The minimum Gasteiger partial charge on any atom is -0.496 e. The molecule has 0 bridgehead atoms. The van der Waals surface area contributed by atoms with Gasteiger partial charge in [0.15, 0.2) is 6.61 Å². The molecule has 9 heteroatoms. The summed E-state index contributed by atoms with van der Waals surface area (Å²) >= 11 is 6.33. The molecule has 1 N–H and O–H groups in total. The highest BCUT2D eigenvalue weighted by molar-refractivity contribution is 6.30. The number of amides is 1. The fraction of sp³-hybridized carbons (Fsp3) is 0.259. The van der Waals surface area contributed by atoms with Gasteiger partial charge in [0.05, 0.1) is 25.8 Å². The topological polar surface area (TPSA) is 94.5 Å². The molecule has 4 rings (SSSR count). The highest BCUT2D eigenvalue weighted by atomic mass is 35.5. The Bertz CT molecular complexity index is 1240. The van der Waals surface area contributed by atoms with Crippen molar-refractivity contribution in [2.75, 3.05) is 27.4 Å². The smallest absolute Gasteiger partial charge is 0.410 e. The molecule has 3 aromatic rings. The number of methoxy groups -OCH3 is 2. The number of nitrogens with zero attached hydrogens (tertiary/aromatic N) is 1. The first-order chi connectivity index (χ1) is 17.4. The largest absolute Gasteiger partial charge is 0.496 e. The second-order valence-electron chi connectivity index (χ2n) is 8.10. The van der Waals surface area contributed by atoms with Gasteiger partial charge in [0, 0.05) is 17.1 Å². The molecular weight excluding hydrogens is 486 g/mol. The summed E-state index contributed by atoms with van der Waals surface area (Å²) in [7, 11) is 3.07. The van der Waals surface area contributed by atoms with Crippen LogP contribution in [-0.4, -0.2) is 49.4 Å². The third-order valence-electron chi connectivity index (χ3n) is 6.01. The van der Waals surface area contributed by atoms with Crippen LogP contribution in [0.5, 0.6) is 17.2 Å². The van der Waals surface area contributed by atoms with Crippen LogP contribution in [0.25, 0.3) is 0 Å². The number of carbonyl (C=O) groups excluding carboxylic acids is 1. The van der Waals surface area contributed by atoms with Crippen molar-refractivity contribution >= 4 is 23.7 Å². The SMILES string of the molecule is COc1cccc(OC)c1COC(=O)N1CCc2ccccc2C1c1cc(Cl)ccc1OCC(=O)O. The summed E-state index contributed by atoms with van der Waals surface area (Å²) in [6.45, 7) is -0.204. The van der Waals surface area contributed by atoms with E-state index in [0.29, 0.717) is 46.4 Å². The first kappa shape index (κ1) is 25.2. The van der Waals surface area contributed by atoms with Crippen LogP contribution in [0.1, 0.15) is 28.3 Å². The van der Waals surface area contributed by atoms with Gasteiger partial charge in [-0.05, 0) is 47.9 Å². The van der Waals surface area contributed by atoms with Gasteiger partial charge in [0.1, 0.15) is 23.9 Å². The van der Waals surface area contributed by atoms with Crippen LogP contribution in [0.15, 0.2) is 60.7 Å². The van der Waals surface area contributed by atoms with Crippen LogP contribution >= 0.6 is 11.6 Å². The summed E-state index contributed by atoms with van der Waals surface area (Å²) in [4.78, 5) is 26.2. The van der Waals surface area contributed by atoms with Crippen molar-refractivity contribution in [3.8, 4) is 17.2 Å². The third kappa shape index (κ3) is 5.33. The van der Waals surface area contributed by atoms with Crippen LogP contribution in [0.2, 0.25) is 5.02 Å². The fourth-order valence-electron chi connectivity index (χ4n) is 4.39. The van der Waals surface area contributed by atoms with E-state index < -0.39 is 24.7 Å². The van der Waals surface area contributed by atoms with Gasteiger partial charge in [0.25, 0.3) is 0 Å². The van der Waals surface area contributed by atoms with Crippen molar-refractivity contribution in [3.05, 3.63) is 87.9 Å². The Hall–Kier alpha value is -3.91. The maximum atomic E-state index is 13.5. The molecule has 1 unspecified atom stereocenters. The first-order valence-electron chi connectivity index (χ1n) is 11.3. The van der Waals surface area contributed by atoms with Crippen molar-refractivity contribution in [1.29, 1.82) is 0 Å². The maximum absolute atomic E-state index is 13.5. The van der Waals surface area contributed by atoms with Crippen LogP contribution < -0.4 is 14.2 Å². The van der Waals surface area contributed by atoms with E-state index in [-0.39, 0.29) is 6.61 Å². The van der Waals surface area contributed by atoms with Gasteiger partial charge < -0.3 is 24.1 Å². The summed E-state index contributed by atoms with van der Waals surface area (Å²) in [5, 5.41) is 9.57. The van der Waals surface area contributed by atoms with Crippen molar-refractivity contribution < 1.29 is 33.6 Å². The van der Waals surface area contributed by atoms with Crippen LogP contribution in [0.4, 0.5) is 4.79 Å². The van der Waals surface area contributed by atoms with E-state index in [0.717, 1.165) is 11.1 Å². The number of aliphatic carboxylic acids is 1. The molecule has 1 amide bonds. The Balaban J connectivity index is 1.69. The van der Waals surface area contributed by atoms with E-state index >= 15 is 0 Å². The molecule has 0 radical (unpaired) electrons. The Morgan fingerprint density at radius 2 is 1.69 bits per heavy atom. The normalized spacial score (nSPS) is 14.5. The number of rotatable bonds is 8. The molecule has 0 aromatic heterocycles. The van der Waals surface area contributed by atoms with Crippen molar-refractivity contribution in [2.45, 2.75) is 19.1 Å². The van der Waals surface area contributed by atoms with Gasteiger partial charge >= 0.3 is 12.1 Å². The zero-order valence-electron chi connectivity index (χ0n) is 19.9. The monoisotopic (exact) mass is 511 g/mol. The first-order valence-corrected chi connectivity index (χ1v) is 11.7. The molecule has 0 fully saturated rings. The number of ether oxygens (including phenoxy) is 4. The Kier molecular flexibility index (Phi) is 7.85. The maximum Gasteiger partial charge on any atom is 0.410 e. The summed E-state index contributed by atoms with van der Waals surface area (Å²) in [6, 6.07) is 17.4. The molecule has 0 saturated carbocycles. The van der Waals surface area contributed by atoms with Gasteiger partial charge in [-0.3, -0.25) is 4.90 Å². The molecular formula is C27H26ClNO7. The number of carboxylic acids is 1. The second kappa shape index (κ2) is 11.2. The number of halogens is 1. The molecule has 188 valence electrons. The van der Waals surface area contributed by atoms with Crippen LogP contribution in [-0.2, 0) is 22.6 Å². The number of hydrogen-bond donors (Lipinski definition) is 1. The van der Waals surface area contributed by atoms with E-state index in [9.17, 15) is 9.59 Å². The summed E-state index contributed by atoms with van der Waals surface area (Å²) in [5.41, 5.74) is 3.14. The minimum absolute atomic E-state index is 0.0607. The molecule has 36 heavy (non-hydrogen) atoms. The van der Waals surface area contributed by atoms with E-state index in [1.54, 1.807) is 41.3 Å². The van der Waals surface area contributed by atoms with Gasteiger partial charge in [-0.25, -0.2) is 9.59 Å². The number of carboxylic acid groups (broad SMARTS) is 1. The van der Waals surface area contributed by atoms with E-state index in [1.165, 1.54) is 14.2 Å². The highest BCUT2D eigenvalue weighted by Gasteiger charge is 2.35. The van der Waals surface area contributed by atoms with Gasteiger partial charge in [-0.1, -0.05) is 41.9 Å². The van der Waals surface area contributed by atoms with Crippen molar-refractivity contribution in [2.24, 2.45) is 0 Å². The lowest BCUT2D eigenvalue weighted by atomic mass is 9.88. The third-order valence-corrected chi connectivity index (χ3v) is 6.24. The Morgan fingerprint density at radius 1 is 0.972 bits per heavy atom. The molecule has 0 spiro atoms. The van der Waals surface area contributed by atoms with Gasteiger partial charge in [-0.15, -0.1) is 0 Å². The lowest BCUT2D eigenvalue weighted by Crippen LogP contribution is -2.41. The predicted molar refractivity (Wildman–Crippen MR) is 133 cm³/mol. The lowest BCUT2D eigenvalue weighted by Gasteiger charge is -2.37. The second-order valence-corrected chi connectivity index (χ2v) is 8.54. The van der Waals surface area contributed by atoms with E-state index in [1.807, 2.05) is 24.3 Å². The summed E-state index contributed by atoms with van der Waals surface area (Å²) in [5.74, 6) is 0.304. The Morgan fingerprint density at radius 3 is 2.39 bits per heavy atom. The summed E-state index contributed by atoms with van der Waals surface area (Å²) < 4.78 is 22.1. The average Bonchev–Trinajstić information content (AvgIpc) is 2.89. The summed E-state index contributed by atoms with van der Waals surface area (Å²) in [6.07, 6.45) is 0.0812. The fourth-order valence-corrected chi connectivity index (χ4v) is 4.57.